The predicted octanol–water partition coefficient (Wildman–Crippen LogP) is 2.99. The maximum Gasteiger partial charge on any atom is 0.355 e. The normalized spacial score (nSPS) is 18.6. The first-order chi connectivity index (χ1) is 14.4. The van der Waals surface area contributed by atoms with Crippen LogP contribution in [0.25, 0.3) is 0 Å². The van der Waals surface area contributed by atoms with Gasteiger partial charge in [0.1, 0.15) is 6.04 Å². The highest BCUT2D eigenvalue weighted by Gasteiger charge is 2.42. The van der Waals surface area contributed by atoms with E-state index in [-0.39, 0.29) is 42.9 Å². The van der Waals surface area contributed by atoms with Crippen molar-refractivity contribution in [2.45, 2.75) is 70.9 Å². The third kappa shape index (κ3) is 4.63. The lowest BCUT2D eigenvalue weighted by Crippen LogP contribution is -2.53. The molecular weight excluding hydrogens is 388 g/mol. The summed E-state index contributed by atoms with van der Waals surface area (Å²) in [7, 11) is 1.43. The highest BCUT2D eigenvalue weighted by Crippen LogP contribution is 2.34. The molecule has 1 aromatic rings. The summed E-state index contributed by atoms with van der Waals surface area (Å²) < 4.78 is 0. The smallest absolute Gasteiger partial charge is 0.322 e. The Morgan fingerprint density at radius 2 is 1.90 bits per heavy atom. The minimum absolute atomic E-state index is 0.164. The van der Waals surface area contributed by atoms with Crippen LogP contribution in [0.5, 0.6) is 5.75 Å². The molecule has 0 bridgehead atoms. The zero-order chi connectivity index (χ0) is 21.7. The van der Waals surface area contributed by atoms with Crippen LogP contribution >= 0.6 is 0 Å². The predicted molar refractivity (Wildman–Crippen MR) is 107 cm³/mol. The van der Waals surface area contributed by atoms with Gasteiger partial charge in [0, 0.05) is 24.6 Å². The standard InChI is InChI=1S/C22H28N2O6/c1-3-4-5-6-7-11-20(26)30-29-18-10-8-9-15-16(18)14-24(21(15)27)17-12-13-19(25)23(2)22(17)28/h8-10,17H,3-7,11-14H2,1-2H3. The second kappa shape index (κ2) is 9.73. The number of carbonyl (C=O) groups is 4. The van der Waals surface area contributed by atoms with Crippen molar-refractivity contribution in [2.75, 3.05) is 7.05 Å². The molecule has 162 valence electrons. The van der Waals surface area contributed by atoms with E-state index in [1.807, 2.05) is 0 Å². The van der Waals surface area contributed by atoms with Gasteiger partial charge < -0.3 is 4.90 Å². The Morgan fingerprint density at radius 1 is 1.13 bits per heavy atom. The molecule has 1 unspecified atom stereocenters. The number of rotatable bonds is 9. The molecule has 1 aromatic carbocycles. The van der Waals surface area contributed by atoms with Gasteiger partial charge in [-0.1, -0.05) is 38.7 Å². The minimum atomic E-state index is -0.689. The largest absolute Gasteiger partial charge is 0.355 e. The fourth-order valence-corrected chi connectivity index (χ4v) is 3.85. The van der Waals surface area contributed by atoms with Gasteiger partial charge in [0.15, 0.2) is 5.75 Å². The molecule has 0 N–H and O–H groups in total. The Balaban J connectivity index is 1.61. The second-order valence-corrected chi connectivity index (χ2v) is 7.76. The molecule has 1 atom stereocenters. The maximum atomic E-state index is 12.9. The SMILES string of the molecule is CCCCCCCC(=O)OOc1cccc2c1CN(C1CCC(=O)N(C)C1=O)C2=O. The van der Waals surface area contributed by atoms with Crippen LogP contribution in [-0.4, -0.2) is 46.6 Å². The van der Waals surface area contributed by atoms with E-state index in [0.29, 0.717) is 17.5 Å². The minimum Gasteiger partial charge on any atom is -0.322 e. The molecule has 2 heterocycles. The summed E-state index contributed by atoms with van der Waals surface area (Å²) in [4.78, 5) is 61.7. The maximum absolute atomic E-state index is 12.9. The van der Waals surface area contributed by atoms with E-state index < -0.39 is 12.0 Å². The number of piperidine rings is 1. The monoisotopic (exact) mass is 416 g/mol. The summed E-state index contributed by atoms with van der Waals surface area (Å²) in [5.41, 5.74) is 0.987. The molecule has 1 saturated heterocycles. The van der Waals surface area contributed by atoms with Gasteiger partial charge in [-0.3, -0.25) is 29.1 Å². The van der Waals surface area contributed by atoms with Crippen LogP contribution in [0.4, 0.5) is 0 Å². The molecule has 2 aliphatic heterocycles. The molecule has 0 radical (unpaired) electrons. The number of likely N-dealkylation sites (tertiary alicyclic amines) is 1. The number of carbonyl (C=O) groups excluding carboxylic acids is 4. The molecule has 1 fully saturated rings. The van der Waals surface area contributed by atoms with Crippen LogP contribution in [0.1, 0.15) is 74.2 Å². The van der Waals surface area contributed by atoms with Gasteiger partial charge in [0.25, 0.3) is 11.8 Å². The van der Waals surface area contributed by atoms with Crippen LogP contribution in [-0.2, 0) is 25.8 Å². The first kappa shape index (κ1) is 21.8. The third-order valence-corrected chi connectivity index (χ3v) is 5.66. The summed E-state index contributed by atoms with van der Waals surface area (Å²) in [5.74, 6) is -1.09. The number of amides is 3. The fourth-order valence-electron chi connectivity index (χ4n) is 3.85. The number of imide groups is 1. The second-order valence-electron chi connectivity index (χ2n) is 7.76. The highest BCUT2D eigenvalue weighted by atomic mass is 17.2. The highest BCUT2D eigenvalue weighted by molar-refractivity contribution is 6.05. The molecule has 8 nitrogen and oxygen atoms in total. The van der Waals surface area contributed by atoms with Crippen molar-refractivity contribution in [3.8, 4) is 5.75 Å². The van der Waals surface area contributed by atoms with Crippen LogP contribution < -0.4 is 4.89 Å². The van der Waals surface area contributed by atoms with Crippen molar-refractivity contribution in [3.05, 3.63) is 29.3 Å². The van der Waals surface area contributed by atoms with Crippen molar-refractivity contribution < 1.29 is 29.0 Å². The number of likely N-dealkylation sites (N-methyl/N-ethyl adjacent to an activating group) is 1. The number of hydrogen-bond donors (Lipinski definition) is 0. The molecule has 0 spiro atoms. The van der Waals surface area contributed by atoms with E-state index in [4.69, 9.17) is 9.78 Å². The lowest BCUT2D eigenvalue weighted by molar-refractivity contribution is -0.214. The van der Waals surface area contributed by atoms with Gasteiger partial charge >= 0.3 is 5.97 Å². The first-order valence-corrected chi connectivity index (χ1v) is 10.5. The number of fused-ring (bicyclic) bond motifs is 1. The Morgan fingerprint density at radius 3 is 2.67 bits per heavy atom. The Hall–Kier alpha value is -2.90. The van der Waals surface area contributed by atoms with Gasteiger partial charge in [-0.25, -0.2) is 4.79 Å². The van der Waals surface area contributed by atoms with Crippen LogP contribution in [0.2, 0.25) is 0 Å². The summed E-state index contributed by atoms with van der Waals surface area (Å²) in [5, 5.41) is 0. The van der Waals surface area contributed by atoms with Gasteiger partial charge in [-0.15, -0.1) is 0 Å². The first-order valence-electron chi connectivity index (χ1n) is 10.5. The lowest BCUT2D eigenvalue weighted by atomic mass is 10.0. The zero-order valence-corrected chi connectivity index (χ0v) is 17.5. The average Bonchev–Trinajstić information content (AvgIpc) is 3.07. The number of nitrogens with zero attached hydrogens (tertiary/aromatic N) is 2. The van der Waals surface area contributed by atoms with Crippen LogP contribution in [0.3, 0.4) is 0 Å². The fraction of sp³-hybridized carbons (Fsp3) is 0.545. The molecule has 30 heavy (non-hydrogen) atoms. The summed E-state index contributed by atoms with van der Waals surface area (Å²) in [6, 6.07) is 4.24. The van der Waals surface area contributed by atoms with E-state index in [1.165, 1.54) is 11.9 Å². The zero-order valence-electron chi connectivity index (χ0n) is 17.5. The number of benzene rings is 1. The molecule has 0 aromatic heterocycles. The molecular formula is C22H28N2O6. The Labute approximate surface area is 176 Å². The van der Waals surface area contributed by atoms with Crippen molar-refractivity contribution in [3.63, 3.8) is 0 Å². The lowest BCUT2D eigenvalue weighted by Gasteiger charge is -2.33. The van der Waals surface area contributed by atoms with Crippen molar-refractivity contribution in [2.24, 2.45) is 0 Å². The average molecular weight is 416 g/mol. The number of hydrogen-bond acceptors (Lipinski definition) is 6. The molecule has 3 amide bonds. The molecule has 8 heteroatoms. The third-order valence-electron chi connectivity index (χ3n) is 5.66. The van der Waals surface area contributed by atoms with Crippen molar-refractivity contribution in [1.29, 1.82) is 0 Å². The summed E-state index contributed by atoms with van der Waals surface area (Å²) in [6.45, 7) is 2.30. The van der Waals surface area contributed by atoms with Crippen LogP contribution in [0.15, 0.2) is 18.2 Å². The van der Waals surface area contributed by atoms with Gasteiger partial charge in [0.2, 0.25) is 5.91 Å². The quantitative estimate of drug-likeness (QED) is 0.266. The van der Waals surface area contributed by atoms with Crippen LogP contribution in [0, 0.1) is 0 Å². The Kier molecular flexibility index (Phi) is 7.07. The van der Waals surface area contributed by atoms with E-state index >= 15 is 0 Å². The topological polar surface area (TPSA) is 93.2 Å². The van der Waals surface area contributed by atoms with Gasteiger partial charge in [-0.05, 0) is 25.0 Å². The van der Waals surface area contributed by atoms with Gasteiger partial charge in [0.05, 0.1) is 13.0 Å². The van der Waals surface area contributed by atoms with E-state index in [2.05, 4.69) is 6.92 Å². The van der Waals surface area contributed by atoms with E-state index in [0.717, 1.165) is 37.0 Å². The van der Waals surface area contributed by atoms with E-state index in [9.17, 15) is 19.2 Å². The van der Waals surface area contributed by atoms with Crippen molar-refractivity contribution >= 4 is 23.7 Å². The number of unbranched alkanes of at least 4 members (excludes halogenated alkanes) is 4. The molecule has 0 aliphatic carbocycles. The Bertz CT molecular complexity index is 837. The summed E-state index contributed by atoms with van der Waals surface area (Å²) >= 11 is 0. The van der Waals surface area contributed by atoms with Crippen molar-refractivity contribution in [1.82, 2.24) is 9.80 Å². The molecule has 2 aliphatic rings. The molecule has 3 rings (SSSR count). The van der Waals surface area contributed by atoms with E-state index in [1.54, 1.807) is 18.2 Å². The molecule has 0 saturated carbocycles. The summed E-state index contributed by atoms with van der Waals surface area (Å²) in [6.07, 6.45) is 5.89. The van der Waals surface area contributed by atoms with Gasteiger partial charge in [-0.2, -0.15) is 0 Å².